The van der Waals surface area contributed by atoms with Crippen LogP contribution in [0.25, 0.3) is 0 Å². The summed E-state index contributed by atoms with van der Waals surface area (Å²) in [7, 11) is 1.71. The zero-order chi connectivity index (χ0) is 14.7. The van der Waals surface area contributed by atoms with Gasteiger partial charge >= 0.3 is 0 Å². The largest absolute Gasteiger partial charge is 0.497 e. The Kier molecular flexibility index (Phi) is 4.48. The molecule has 2 aliphatic rings. The Morgan fingerprint density at radius 3 is 2.62 bits per heavy atom. The van der Waals surface area contributed by atoms with Crippen LogP contribution < -0.4 is 10.1 Å². The van der Waals surface area contributed by atoms with E-state index in [1.807, 2.05) is 12.1 Å². The van der Waals surface area contributed by atoms with Gasteiger partial charge in [-0.2, -0.15) is 0 Å². The van der Waals surface area contributed by atoms with Crippen molar-refractivity contribution in [3.05, 3.63) is 29.8 Å². The van der Waals surface area contributed by atoms with Crippen LogP contribution >= 0.6 is 0 Å². The van der Waals surface area contributed by atoms with Crippen molar-refractivity contribution in [2.24, 2.45) is 0 Å². The maximum Gasteiger partial charge on any atom is 0.168 e. The Bertz CT molecular complexity index is 461. The first kappa shape index (κ1) is 14.8. The first-order valence-corrected chi connectivity index (χ1v) is 7.89. The standard InChI is InChI=1S/C17H25NO3/c1-13(14-4-3-5-16(12-14)19-2)18-15-6-8-17(9-7-15)20-10-11-21-17/h3-5,12-13,15,18H,6-11H2,1-2H3/t13-/m1/s1. The molecule has 0 radical (unpaired) electrons. The molecule has 1 heterocycles. The smallest absolute Gasteiger partial charge is 0.168 e. The molecule has 1 aromatic carbocycles. The Morgan fingerprint density at radius 2 is 1.95 bits per heavy atom. The SMILES string of the molecule is COc1cccc([C@@H](C)NC2CCC3(CC2)OCCO3)c1. The van der Waals surface area contributed by atoms with Gasteiger partial charge in [-0.1, -0.05) is 12.1 Å². The van der Waals surface area contributed by atoms with Gasteiger partial charge in [0.2, 0.25) is 0 Å². The van der Waals surface area contributed by atoms with Crippen LogP contribution in [0.4, 0.5) is 0 Å². The van der Waals surface area contributed by atoms with Gasteiger partial charge in [-0.15, -0.1) is 0 Å². The van der Waals surface area contributed by atoms with E-state index < -0.39 is 0 Å². The molecule has 0 amide bonds. The van der Waals surface area contributed by atoms with Gasteiger partial charge in [0.25, 0.3) is 0 Å². The van der Waals surface area contributed by atoms with Crippen molar-refractivity contribution >= 4 is 0 Å². The number of benzene rings is 1. The third-order valence-corrected chi connectivity index (χ3v) is 4.64. The molecule has 4 nitrogen and oxygen atoms in total. The quantitative estimate of drug-likeness (QED) is 0.925. The summed E-state index contributed by atoms with van der Waals surface area (Å²) in [5.41, 5.74) is 1.27. The Morgan fingerprint density at radius 1 is 1.24 bits per heavy atom. The first-order chi connectivity index (χ1) is 10.2. The molecule has 116 valence electrons. The van der Waals surface area contributed by atoms with E-state index in [4.69, 9.17) is 14.2 Å². The summed E-state index contributed by atoms with van der Waals surface area (Å²) in [5.74, 6) is 0.647. The van der Waals surface area contributed by atoms with Gasteiger partial charge in [-0.25, -0.2) is 0 Å². The third kappa shape index (κ3) is 3.39. The highest BCUT2D eigenvalue weighted by Crippen LogP contribution is 2.36. The van der Waals surface area contributed by atoms with E-state index in [1.54, 1.807) is 7.11 Å². The van der Waals surface area contributed by atoms with Crippen molar-refractivity contribution in [2.45, 2.75) is 50.5 Å². The molecule has 1 spiro atoms. The van der Waals surface area contributed by atoms with Crippen molar-refractivity contribution in [1.29, 1.82) is 0 Å². The van der Waals surface area contributed by atoms with Gasteiger partial charge in [0.1, 0.15) is 5.75 Å². The maximum atomic E-state index is 5.78. The zero-order valence-electron chi connectivity index (χ0n) is 12.9. The fraction of sp³-hybridized carbons (Fsp3) is 0.647. The highest BCUT2D eigenvalue weighted by molar-refractivity contribution is 5.30. The number of hydrogen-bond acceptors (Lipinski definition) is 4. The van der Waals surface area contributed by atoms with Crippen LogP contribution in [0, 0.1) is 0 Å². The van der Waals surface area contributed by atoms with E-state index in [2.05, 4.69) is 24.4 Å². The molecule has 1 atom stereocenters. The monoisotopic (exact) mass is 291 g/mol. The van der Waals surface area contributed by atoms with E-state index >= 15 is 0 Å². The minimum absolute atomic E-state index is 0.266. The molecule has 2 fully saturated rings. The summed E-state index contributed by atoms with van der Waals surface area (Å²) in [4.78, 5) is 0. The molecule has 4 heteroatoms. The number of methoxy groups -OCH3 is 1. The minimum Gasteiger partial charge on any atom is -0.497 e. The summed E-state index contributed by atoms with van der Waals surface area (Å²) in [5, 5.41) is 3.73. The van der Waals surface area contributed by atoms with Gasteiger partial charge in [-0.3, -0.25) is 0 Å². The predicted octanol–water partition coefficient (Wildman–Crippen LogP) is 3.03. The molecule has 3 rings (SSSR count). The minimum atomic E-state index is -0.266. The predicted molar refractivity (Wildman–Crippen MR) is 81.4 cm³/mol. The molecule has 1 saturated carbocycles. The highest BCUT2D eigenvalue weighted by Gasteiger charge is 2.40. The van der Waals surface area contributed by atoms with Gasteiger partial charge in [0.05, 0.1) is 20.3 Å². The van der Waals surface area contributed by atoms with Crippen molar-refractivity contribution in [3.8, 4) is 5.75 Å². The molecule has 21 heavy (non-hydrogen) atoms. The summed E-state index contributed by atoms with van der Waals surface area (Å²) in [6.07, 6.45) is 4.20. The zero-order valence-corrected chi connectivity index (χ0v) is 12.9. The molecule has 1 aromatic rings. The van der Waals surface area contributed by atoms with Crippen LogP contribution in [0.3, 0.4) is 0 Å². The van der Waals surface area contributed by atoms with Crippen LogP contribution in [0.1, 0.15) is 44.2 Å². The number of nitrogens with one attached hydrogen (secondary N) is 1. The molecular formula is C17H25NO3. The van der Waals surface area contributed by atoms with E-state index in [0.29, 0.717) is 12.1 Å². The summed E-state index contributed by atoms with van der Waals surface area (Å²) >= 11 is 0. The molecular weight excluding hydrogens is 266 g/mol. The van der Waals surface area contributed by atoms with Crippen LogP contribution in [-0.4, -0.2) is 32.2 Å². The average Bonchev–Trinajstić information content (AvgIpc) is 2.98. The third-order valence-electron chi connectivity index (χ3n) is 4.64. The maximum absolute atomic E-state index is 5.78. The molecule has 1 saturated heterocycles. The molecule has 1 N–H and O–H groups in total. The van der Waals surface area contributed by atoms with Crippen LogP contribution in [0.5, 0.6) is 5.75 Å². The van der Waals surface area contributed by atoms with Crippen LogP contribution in [-0.2, 0) is 9.47 Å². The van der Waals surface area contributed by atoms with E-state index in [9.17, 15) is 0 Å². The lowest BCUT2D eigenvalue weighted by Crippen LogP contribution is -2.42. The second kappa shape index (κ2) is 6.34. The van der Waals surface area contributed by atoms with Crippen LogP contribution in [0.15, 0.2) is 24.3 Å². The first-order valence-electron chi connectivity index (χ1n) is 7.89. The number of hydrogen-bond donors (Lipinski definition) is 1. The van der Waals surface area contributed by atoms with Gasteiger partial charge in [0.15, 0.2) is 5.79 Å². The molecule has 0 aromatic heterocycles. The van der Waals surface area contributed by atoms with Crippen molar-refractivity contribution in [3.63, 3.8) is 0 Å². The fourth-order valence-corrected chi connectivity index (χ4v) is 3.37. The number of rotatable bonds is 4. The molecule has 0 bridgehead atoms. The van der Waals surface area contributed by atoms with Gasteiger partial charge in [0, 0.05) is 24.9 Å². The summed E-state index contributed by atoms with van der Waals surface area (Å²) in [6.45, 7) is 3.71. The summed E-state index contributed by atoms with van der Waals surface area (Å²) in [6, 6.07) is 9.13. The average molecular weight is 291 g/mol. The van der Waals surface area contributed by atoms with Gasteiger partial charge < -0.3 is 19.5 Å². The fourth-order valence-electron chi connectivity index (χ4n) is 3.37. The van der Waals surface area contributed by atoms with Crippen molar-refractivity contribution < 1.29 is 14.2 Å². The van der Waals surface area contributed by atoms with Gasteiger partial charge in [-0.05, 0) is 37.5 Å². The Balaban J connectivity index is 1.54. The van der Waals surface area contributed by atoms with E-state index in [-0.39, 0.29) is 5.79 Å². The van der Waals surface area contributed by atoms with E-state index in [0.717, 1.165) is 44.6 Å². The Hall–Kier alpha value is -1.10. The van der Waals surface area contributed by atoms with Crippen molar-refractivity contribution in [1.82, 2.24) is 5.32 Å². The molecule has 1 aliphatic heterocycles. The van der Waals surface area contributed by atoms with E-state index in [1.165, 1.54) is 5.56 Å². The summed E-state index contributed by atoms with van der Waals surface area (Å²) < 4.78 is 16.9. The topological polar surface area (TPSA) is 39.7 Å². The Labute approximate surface area is 126 Å². The van der Waals surface area contributed by atoms with Crippen LogP contribution in [0.2, 0.25) is 0 Å². The second-order valence-electron chi connectivity index (χ2n) is 6.05. The second-order valence-corrected chi connectivity index (χ2v) is 6.05. The lowest BCUT2D eigenvalue weighted by atomic mass is 9.89. The highest BCUT2D eigenvalue weighted by atomic mass is 16.7. The van der Waals surface area contributed by atoms with Crippen molar-refractivity contribution in [2.75, 3.05) is 20.3 Å². The molecule has 1 aliphatic carbocycles. The molecule has 0 unspecified atom stereocenters. The lowest BCUT2D eigenvalue weighted by Gasteiger charge is -2.36. The number of ether oxygens (including phenoxy) is 3. The lowest BCUT2D eigenvalue weighted by molar-refractivity contribution is -0.179. The normalized spacial score (nSPS) is 23.3.